The molecule has 1 saturated heterocycles. The molecular formula is C22H23ClNO3+. The minimum Gasteiger partial charge on any atom is -0.507 e. The first-order valence-corrected chi connectivity index (χ1v) is 9.80. The maximum Gasteiger partial charge on any atom is 0.200 e. The third-order valence-electron chi connectivity index (χ3n) is 5.67. The van der Waals surface area contributed by atoms with Crippen LogP contribution in [0.3, 0.4) is 0 Å². The monoisotopic (exact) mass is 384 g/mol. The van der Waals surface area contributed by atoms with Crippen LogP contribution < -0.4 is 10.3 Å². The van der Waals surface area contributed by atoms with Gasteiger partial charge in [0, 0.05) is 10.6 Å². The summed E-state index contributed by atoms with van der Waals surface area (Å²) in [4.78, 5) is 14.5. The van der Waals surface area contributed by atoms with Gasteiger partial charge in [-0.05, 0) is 44.4 Å². The van der Waals surface area contributed by atoms with Gasteiger partial charge in [-0.3, -0.25) is 4.79 Å². The number of halogens is 1. The molecule has 2 heterocycles. The van der Waals surface area contributed by atoms with E-state index in [2.05, 4.69) is 6.92 Å². The molecule has 27 heavy (non-hydrogen) atoms. The van der Waals surface area contributed by atoms with Gasteiger partial charge in [0.25, 0.3) is 0 Å². The van der Waals surface area contributed by atoms with Crippen LogP contribution in [0.2, 0.25) is 5.02 Å². The van der Waals surface area contributed by atoms with Crippen molar-refractivity contribution in [1.29, 1.82) is 0 Å². The van der Waals surface area contributed by atoms with E-state index in [0.717, 1.165) is 6.54 Å². The summed E-state index contributed by atoms with van der Waals surface area (Å²) in [5, 5.41) is 11.4. The molecule has 1 unspecified atom stereocenters. The van der Waals surface area contributed by atoms with E-state index in [1.54, 1.807) is 24.3 Å². The molecule has 0 bridgehead atoms. The van der Waals surface area contributed by atoms with Crippen LogP contribution in [-0.2, 0) is 6.54 Å². The molecular weight excluding hydrogens is 362 g/mol. The number of hydrogen-bond acceptors (Lipinski definition) is 3. The molecule has 3 aromatic rings. The van der Waals surface area contributed by atoms with Gasteiger partial charge in [-0.2, -0.15) is 0 Å². The SMILES string of the molecule is C[C@H]1CCCC[NH+]1Cc1c(O)ccc2c(=O)c(-c3ccccc3Cl)coc12. The van der Waals surface area contributed by atoms with E-state index in [4.69, 9.17) is 16.0 Å². The fraction of sp³-hybridized carbons (Fsp3) is 0.318. The molecule has 0 spiro atoms. The molecule has 2 atom stereocenters. The topological polar surface area (TPSA) is 54.9 Å². The number of aromatic hydroxyl groups is 1. The summed E-state index contributed by atoms with van der Waals surface area (Å²) in [5.41, 5.74) is 2.13. The summed E-state index contributed by atoms with van der Waals surface area (Å²) in [6.45, 7) is 3.96. The Bertz CT molecular complexity index is 1040. The van der Waals surface area contributed by atoms with Crippen LogP contribution in [0, 0.1) is 0 Å². The summed E-state index contributed by atoms with van der Waals surface area (Å²) in [6, 6.07) is 11.0. The third-order valence-corrected chi connectivity index (χ3v) is 6.00. The summed E-state index contributed by atoms with van der Waals surface area (Å²) in [6.07, 6.45) is 5.08. The highest BCUT2D eigenvalue weighted by molar-refractivity contribution is 6.33. The maximum atomic E-state index is 13.1. The predicted octanol–water partition coefficient (Wildman–Crippen LogP) is 3.78. The molecule has 0 aliphatic carbocycles. The van der Waals surface area contributed by atoms with Crippen LogP contribution >= 0.6 is 11.6 Å². The molecule has 1 aliphatic heterocycles. The van der Waals surface area contributed by atoms with Crippen molar-refractivity contribution >= 4 is 22.6 Å². The highest BCUT2D eigenvalue weighted by Gasteiger charge is 2.25. The van der Waals surface area contributed by atoms with Gasteiger partial charge in [-0.15, -0.1) is 0 Å². The second-order valence-electron chi connectivity index (χ2n) is 7.38. The van der Waals surface area contributed by atoms with Crippen molar-refractivity contribution in [3.05, 3.63) is 63.5 Å². The van der Waals surface area contributed by atoms with Crippen molar-refractivity contribution in [3.8, 4) is 16.9 Å². The zero-order valence-electron chi connectivity index (χ0n) is 15.3. The molecule has 2 N–H and O–H groups in total. The van der Waals surface area contributed by atoms with Gasteiger partial charge in [0.05, 0.1) is 29.1 Å². The average Bonchev–Trinajstić information content (AvgIpc) is 2.67. The highest BCUT2D eigenvalue weighted by atomic mass is 35.5. The Morgan fingerprint density at radius 2 is 2.00 bits per heavy atom. The van der Waals surface area contributed by atoms with Crippen molar-refractivity contribution in [2.24, 2.45) is 0 Å². The second-order valence-corrected chi connectivity index (χ2v) is 7.79. The van der Waals surface area contributed by atoms with Gasteiger partial charge >= 0.3 is 0 Å². The van der Waals surface area contributed by atoms with Crippen molar-refractivity contribution in [2.75, 3.05) is 6.54 Å². The Labute approximate surface area is 163 Å². The van der Waals surface area contributed by atoms with Crippen LogP contribution in [0.25, 0.3) is 22.1 Å². The summed E-state index contributed by atoms with van der Waals surface area (Å²) < 4.78 is 5.89. The molecule has 4 rings (SSSR count). The fourth-order valence-corrected chi connectivity index (χ4v) is 4.26. The molecule has 1 fully saturated rings. The Kier molecular flexibility index (Phi) is 4.94. The molecule has 0 saturated carbocycles. The molecule has 0 radical (unpaired) electrons. The average molecular weight is 385 g/mol. The first-order valence-electron chi connectivity index (χ1n) is 9.42. The lowest BCUT2D eigenvalue weighted by Gasteiger charge is -2.30. The van der Waals surface area contributed by atoms with Crippen LogP contribution in [0.4, 0.5) is 0 Å². The summed E-state index contributed by atoms with van der Waals surface area (Å²) >= 11 is 6.26. The Morgan fingerprint density at radius 1 is 1.19 bits per heavy atom. The number of nitrogens with one attached hydrogen (secondary N) is 1. The maximum absolute atomic E-state index is 13.1. The fourth-order valence-electron chi connectivity index (χ4n) is 4.03. The highest BCUT2D eigenvalue weighted by Crippen LogP contribution is 2.30. The third kappa shape index (κ3) is 3.35. The van der Waals surface area contributed by atoms with Gasteiger partial charge in [-0.1, -0.05) is 29.8 Å². The number of likely N-dealkylation sites (tertiary alicyclic amines) is 1. The van der Waals surface area contributed by atoms with E-state index in [0.29, 0.717) is 45.3 Å². The van der Waals surface area contributed by atoms with E-state index in [-0.39, 0.29) is 11.2 Å². The number of rotatable bonds is 3. The summed E-state index contributed by atoms with van der Waals surface area (Å²) in [5.74, 6) is 0.182. The first kappa shape index (κ1) is 18.1. The predicted molar refractivity (Wildman–Crippen MR) is 107 cm³/mol. The molecule has 1 aliphatic rings. The van der Waals surface area contributed by atoms with E-state index >= 15 is 0 Å². The second kappa shape index (κ2) is 7.37. The lowest BCUT2D eigenvalue weighted by Crippen LogP contribution is -3.14. The van der Waals surface area contributed by atoms with Crippen molar-refractivity contribution in [3.63, 3.8) is 0 Å². The minimum absolute atomic E-state index is 0.132. The lowest BCUT2D eigenvalue weighted by atomic mass is 10.0. The van der Waals surface area contributed by atoms with Crippen molar-refractivity contribution in [2.45, 2.75) is 38.8 Å². The van der Waals surface area contributed by atoms with Gasteiger partial charge in [0.1, 0.15) is 24.1 Å². The van der Waals surface area contributed by atoms with Crippen LogP contribution in [0.1, 0.15) is 31.7 Å². The lowest BCUT2D eigenvalue weighted by molar-refractivity contribution is -0.941. The molecule has 1 aromatic heterocycles. The van der Waals surface area contributed by atoms with Crippen LogP contribution in [0.5, 0.6) is 5.75 Å². The number of phenolic OH excluding ortho intramolecular Hbond substituents is 1. The van der Waals surface area contributed by atoms with E-state index in [1.807, 2.05) is 12.1 Å². The molecule has 5 heteroatoms. The van der Waals surface area contributed by atoms with E-state index < -0.39 is 0 Å². The van der Waals surface area contributed by atoms with Gasteiger partial charge < -0.3 is 14.4 Å². The smallest absolute Gasteiger partial charge is 0.200 e. The number of quaternary nitrogens is 1. The Balaban J connectivity index is 1.82. The van der Waals surface area contributed by atoms with E-state index in [1.165, 1.54) is 30.4 Å². The molecule has 2 aromatic carbocycles. The molecule has 140 valence electrons. The standard InChI is InChI=1S/C22H22ClNO3/c1-14-6-4-5-11-24(14)12-17-20(25)10-9-16-21(26)18(13-27-22(16)17)15-7-2-3-8-19(15)23/h2-3,7-10,13-14,25H,4-6,11-12H2,1H3/p+1/t14-/m0/s1. The number of hydrogen-bond donors (Lipinski definition) is 2. The van der Waals surface area contributed by atoms with E-state index in [9.17, 15) is 9.90 Å². The minimum atomic E-state index is -0.132. The molecule has 4 nitrogen and oxygen atoms in total. The summed E-state index contributed by atoms with van der Waals surface area (Å²) in [7, 11) is 0. The number of piperidine rings is 1. The van der Waals surface area contributed by atoms with Crippen molar-refractivity contribution < 1.29 is 14.4 Å². The Hall–Kier alpha value is -2.30. The van der Waals surface area contributed by atoms with Gasteiger partial charge in [0.15, 0.2) is 0 Å². The van der Waals surface area contributed by atoms with Crippen LogP contribution in [-0.4, -0.2) is 17.7 Å². The largest absolute Gasteiger partial charge is 0.507 e. The molecule has 0 amide bonds. The van der Waals surface area contributed by atoms with Gasteiger partial charge in [-0.25, -0.2) is 0 Å². The number of fused-ring (bicyclic) bond motifs is 1. The number of benzene rings is 2. The zero-order valence-corrected chi connectivity index (χ0v) is 16.1. The van der Waals surface area contributed by atoms with Crippen molar-refractivity contribution in [1.82, 2.24) is 0 Å². The van der Waals surface area contributed by atoms with Crippen LogP contribution in [0.15, 0.2) is 51.9 Å². The Morgan fingerprint density at radius 3 is 2.78 bits per heavy atom. The quantitative estimate of drug-likeness (QED) is 0.722. The van der Waals surface area contributed by atoms with Gasteiger partial charge in [0.2, 0.25) is 5.43 Å². The number of phenols is 1. The first-order chi connectivity index (χ1) is 13.1. The zero-order chi connectivity index (χ0) is 19.0. The normalized spacial score (nSPS) is 20.1.